The average Bonchev–Trinajstić information content (AvgIpc) is 2.64. The Balaban J connectivity index is 1.58. The van der Waals surface area contributed by atoms with Gasteiger partial charge >= 0.3 is 0 Å². The van der Waals surface area contributed by atoms with Crippen molar-refractivity contribution in [3.63, 3.8) is 0 Å². The Morgan fingerprint density at radius 3 is 1.46 bits per heavy atom. The summed E-state index contributed by atoms with van der Waals surface area (Å²) in [6, 6.07) is 14.8. The standard InChI is InChI=1S/C20H22Cl2N2O2/c21-17-9-3-1-7-15(17)13-23-19(25)11-5-6-12-20(26)24-14-16-8-2-4-10-18(16)22/h1-4,7-10H,5-6,11-14H2,(H,23,25)(H,24,26). The maximum absolute atomic E-state index is 11.9. The molecular formula is C20H22Cl2N2O2. The van der Waals surface area contributed by atoms with Gasteiger partial charge < -0.3 is 10.6 Å². The molecule has 2 N–H and O–H groups in total. The molecular weight excluding hydrogens is 371 g/mol. The lowest BCUT2D eigenvalue weighted by atomic mass is 10.1. The van der Waals surface area contributed by atoms with Crippen LogP contribution in [0, 0.1) is 0 Å². The molecule has 0 saturated heterocycles. The number of carbonyl (C=O) groups excluding carboxylic acids is 2. The van der Waals surface area contributed by atoms with Crippen LogP contribution in [-0.2, 0) is 22.7 Å². The molecule has 4 nitrogen and oxygen atoms in total. The number of unbranched alkanes of at least 4 members (excludes halogenated alkanes) is 1. The van der Waals surface area contributed by atoms with Crippen molar-refractivity contribution < 1.29 is 9.59 Å². The van der Waals surface area contributed by atoms with E-state index in [1.165, 1.54) is 0 Å². The van der Waals surface area contributed by atoms with Crippen molar-refractivity contribution in [2.24, 2.45) is 0 Å². The van der Waals surface area contributed by atoms with Crippen LogP contribution in [0.15, 0.2) is 48.5 Å². The van der Waals surface area contributed by atoms with Crippen LogP contribution in [0.1, 0.15) is 36.8 Å². The van der Waals surface area contributed by atoms with Crippen molar-refractivity contribution in [1.82, 2.24) is 10.6 Å². The molecule has 0 bridgehead atoms. The molecule has 0 unspecified atom stereocenters. The molecule has 2 rings (SSSR count). The largest absolute Gasteiger partial charge is 0.352 e. The van der Waals surface area contributed by atoms with Crippen LogP contribution in [0.5, 0.6) is 0 Å². The van der Waals surface area contributed by atoms with Gasteiger partial charge in [0.15, 0.2) is 0 Å². The van der Waals surface area contributed by atoms with Crippen LogP contribution in [0.3, 0.4) is 0 Å². The molecule has 0 spiro atoms. The highest BCUT2D eigenvalue weighted by Gasteiger charge is 2.06. The van der Waals surface area contributed by atoms with Crippen molar-refractivity contribution in [1.29, 1.82) is 0 Å². The molecule has 2 aromatic rings. The number of carbonyl (C=O) groups is 2. The van der Waals surface area contributed by atoms with E-state index in [0.29, 0.717) is 48.8 Å². The molecule has 2 amide bonds. The van der Waals surface area contributed by atoms with E-state index in [1.54, 1.807) is 12.1 Å². The predicted molar refractivity (Wildman–Crippen MR) is 105 cm³/mol. The van der Waals surface area contributed by atoms with Crippen molar-refractivity contribution in [2.45, 2.75) is 38.8 Å². The fraction of sp³-hybridized carbons (Fsp3) is 0.300. The molecule has 0 aliphatic carbocycles. The van der Waals surface area contributed by atoms with E-state index >= 15 is 0 Å². The zero-order valence-corrected chi connectivity index (χ0v) is 15.9. The molecule has 6 heteroatoms. The van der Waals surface area contributed by atoms with Crippen LogP contribution in [-0.4, -0.2) is 11.8 Å². The highest BCUT2D eigenvalue weighted by Crippen LogP contribution is 2.15. The smallest absolute Gasteiger partial charge is 0.220 e. The molecule has 0 heterocycles. The van der Waals surface area contributed by atoms with Crippen LogP contribution < -0.4 is 10.6 Å². The molecule has 0 radical (unpaired) electrons. The summed E-state index contributed by atoms with van der Waals surface area (Å²) in [5.74, 6) is -0.0807. The van der Waals surface area contributed by atoms with Crippen LogP contribution >= 0.6 is 23.2 Å². The van der Waals surface area contributed by atoms with E-state index in [9.17, 15) is 9.59 Å². The van der Waals surface area contributed by atoms with Crippen LogP contribution in [0.2, 0.25) is 10.0 Å². The summed E-state index contributed by atoms with van der Waals surface area (Å²) in [6.07, 6.45) is 2.10. The molecule has 0 saturated carbocycles. The number of rotatable bonds is 9. The second kappa shape index (κ2) is 10.8. The highest BCUT2D eigenvalue weighted by atomic mass is 35.5. The second-order valence-electron chi connectivity index (χ2n) is 5.94. The molecule has 0 aromatic heterocycles. The predicted octanol–water partition coefficient (Wildman–Crippen LogP) is 4.49. The van der Waals surface area contributed by atoms with Gasteiger partial charge in [-0.05, 0) is 36.1 Å². The maximum Gasteiger partial charge on any atom is 0.220 e. The molecule has 26 heavy (non-hydrogen) atoms. The first-order valence-corrected chi connectivity index (χ1v) is 9.32. The number of benzene rings is 2. The summed E-state index contributed by atoms with van der Waals surface area (Å²) in [6.45, 7) is 0.827. The molecule has 138 valence electrons. The van der Waals surface area contributed by atoms with E-state index in [4.69, 9.17) is 23.2 Å². The fourth-order valence-corrected chi connectivity index (χ4v) is 2.82. The Morgan fingerprint density at radius 1 is 0.692 bits per heavy atom. The molecule has 0 fully saturated rings. The number of hydrogen-bond acceptors (Lipinski definition) is 2. The molecule has 2 aromatic carbocycles. The van der Waals surface area contributed by atoms with Gasteiger partial charge in [0, 0.05) is 36.0 Å². The summed E-state index contributed by atoms with van der Waals surface area (Å²) in [5, 5.41) is 6.97. The van der Waals surface area contributed by atoms with E-state index < -0.39 is 0 Å². The summed E-state index contributed by atoms with van der Waals surface area (Å²) < 4.78 is 0. The number of nitrogens with one attached hydrogen (secondary N) is 2. The number of halogens is 2. The van der Waals surface area contributed by atoms with Gasteiger partial charge in [-0.25, -0.2) is 0 Å². The van der Waals surface area contributed by atoms with E-state index in [-0.39, 0.29) is 11.8 Å². The van der Waals surface area contributed by atoms with Gasteiger partial charge in [0.25, 0.3) is 0 Å². The first kappa shape index (κ1) is 20.3. The molecule has 0 aliphatic heterocycles. The summed E-state index contributed by atoms with van der Waals surface area (Å²) in [5.41, 5.74) is 1.78. The fourth-order valence-electron chi connectivity index (χ4n) is 2.42. The zero-order chi connectivity index (χ0) is 18.8. The van der Waals surface area contributed by atoms with Gasteiger partial charge in [-0.15, -0.1) is 0 Å². The zero-order valence-electron chi connectivity index (χ0n) is 14.4. The highest BCUT2D eigenvalue weighted by molar-refractivity contribution is 6.31. The van der Waals surface area contributed by atoms with Crippen molar-refractivity contribution in [3.05, 3.63) is 69.7 Å². The van der Waals surface area contributed by atoms with Gasteiger partial charge in [-0.3, -0.25) is 9.59 Å². The minimum Gasteiger partial charge on any atom is -0.352 e. The van der Waals surface area contributed by atoms with Crippen LogP contribution in [0.25, 0.3) is 0 Å². The Hall–Kier alpha value is -2.04. The first-order valence-electron chi connectivity index (χ1n) is 8.56. The topological polar surface area (TPSA) is 58.2 Å². The summed E-state index contributed by atoms with van der Waals surface area (Å²) in [7, 11) is 0. The summed E-state index contributed by atoms with van der Waals surface area (Å²) in [4.78, 5) is 23.7. The second-order valence-corrected chi connectivity index (χ2v) is 6.76. The van der Waals surface area contributed by atoms with Gasteiger partial charge in [0.1, 0.15) is 0 Å². The Bertz CT molecular complexity index is 687. The quantitative estimate of drug-likeness (QED) is 0.617. The normalized spacial score (nSPS) is 10.4. The van der Waals surface area contributed by atoms with E-state index in [0.717, 1.165) is 11.1 Å². The number of amides is 2. The van der Waals surface area contributed by atoms with E-state index in [1.807, 2.05) is 36.4 Å². The lowest BCUT2D eigenvalue weighted by Gasteiger charge is -2.08. The average molecular weight is 393 g/mol. The Labute approximate surface area is 163 Å². The molecule has 0 aliphatic rings. The minimum absolute atomic E-state index is 0.0404. The van der Waals surface area contributed by atoms with Crippen molar-refractivity contribution >= 4 is 35.0 Å². The van der Waals surface area contributed by atoms with Gasteiger partial charge in [0.2, 0.25) is 11.8 Å². The van der Waals surface area contributed by atoms with Gasteiger partial charge in [-0.1, -0.05) is 59.6 Å². The lowest BCUT2D eigenvalue weighted by Crippen LogP contribution is -2.24. The Morgan fingerprint density at radius 2 is 1.08 bits per heavy atom. The summed E-state index contributed by atoms with van der Waals surface area (Å²) >= 11 is 12.1. The monoisotopic (exact) mass is 392 g/mol. The third-order valence-electron chi connectivity index (χ3n) is 3.93. The Kier molecular flexibility index (Phi) is 8.45. The maximum atomic E-state index is 11.9. The minimum atomic E-state index is -0.0404. The molecule has 0 atom stereocenters. The SMILES string of the molecule is O=C(CCCCC(=O)NCc1ccccc1Cl)NCc1ccccc1Cl. The van der Waals surface area contributed by atoms with Crippen molar-refractivity contribution in [2.75, 3.05) is 0 Å². The third-order valence-corrected chi connectivity index (χ3v) is 4.66. The van der Waals surface area contributed by atoms with Crippen molar-refractivity contribution in [3.8, 4) is 0 Å². The third kappa shape index (κ3) is 7.06. The van der Waals surface area contributed by atoms with Crippen LogP contribution in [0.4, 0.5) is 0 Å². The number of hydrogen-bond donors (Lipinski definition) is 2. The van der Waals surface area contributed by atoms with E-state index in [2.05, 4.69) is 10.6 Å². The van der Waals surface area contributed by atoms with Gasteiger partial charge in [0.05, 0.1) is 0 Å². The van der Waals surface area contributed by atoms with Gasteiger partial charge in [-0.2, -0.15) is 0 Å². The first-order chi connectivity index (χ1) is 12.6. The lowest BCUT2D eigenvalue weighted by molar-refractivity contribution is -0.123.